The van der Waals surface area contributed by atoms with Gasteiger partial charge in [0.15, 0.2) is 0 Å². The lowest BCUT2D eigenvalue weighted by Crippen LogP contribution is -2.22. The summed E-state index contributed by atoms with van der Waals surface area (Å²) < 4.78 is 23.9. The summed E-state index contributed by atoms with van der Waals surface area (Å²) in [6, 6.07) is 0. The van der Waals surface area contributed by atoms with Gasteiger partial charge >= 0.3 is 0 Å². The van der Waals surface area contributed by atoms with Gasteiger partial charge in [-0.05, 0) is 13.0 Å². The van der Waals surface area contributed by atoms with E-state index in [0.29, 0.717) is 0 Å². The Morgan fingerprint density at radius 2 is 2.20 bits per heavy atom. The van der Waals surface area contributed by atoms with Crippen LogP contribution in [0.25, 0.3) is 0 Å². The monoisotopic (exact) mass is 162 g/mol. The van der Waals surface area contributed by atoms with Gasteiger partial charge in [0, 0.05) is 0 Å². The van der Waals surface area contributed by atoms with Gasteiger partial charge in [0.2, 0.25) is 0 Å². The molecule has 0 aromatic rings. The highest BCUT2D eigenvalue weighted by atomic mass is 32.2. The van der Waals surface area contributed by atoms with Gasteiger partial charge in [-0.2, -0.15) is 0 Å². The Kier molecular flexibility index (Phi) is 3.08. The quantitative estimate of drug-likeness (QED) is 0.533. The third-order valence-corrected chi connectivity index (χ3v) is 1.96. The van der Waals surface area contributed by atoms with Crippen molar-refractivity contribution in [2.24, 2.45) is 0 Å². The average molecular weight is 162 g/mol. The molecule has 0 heterocycles. The number of hydrogen-bond acceptors (Lipinski definition) is 3. The molecule has 0 spiro atoms. The van der Waals surface area contributed by atoms with Gasteiger partial charge in [0.1, 0.15) is 0 Å². The molecule has 0 aromatic heterocycles. The minimum Gasteiger partial charge on any atom is -0.267 e. The molecule has 4 nitrogen and oxygen atoms in total. The maximum atomic E-state index is 10.5. The zero-order valence-corrected chi connectivity index (χ0v) is 6.39. The van der Waals surface area contributed by atoms with E-state index in [1.165, 1.54) is 6.92 Å². The fourth-order valence-corrected chi connectivity index (χ4v) is 0.717. The Hall–Kier alpha value is -0.840. The van der Waals surface area contributed by atoms with Crippen LogP contribution in [0.2, 0.25) is 0 Å². The Morgan fingerprint density at radius 1 is 1.70 bits per heavy atom. The molecule has 0 aromatic carbocycles. The van der Waals surface area contributed by atoms with Crippen molar-refractivity contribution in [1.29, 1.82) is 0 Å². The van der Waals surface area contributed by atoms with Crippen molar-refractivity contribution in [3.8, 4) is 0 Å². The second kappa shape index (κ2) is 3.36. The zero-order valence-electron chi connectivity index (χ0n) is 5.57. The Balaban J connectivity index is 4.16. The molecule has 0 fully saturated rings. The minimum absolute atomic E-state index is 0.160. The van der Waals surface area contributed by atoms with Crippen LogP contribution in [-0.4, -0.2) is 20.1 Å². The van der Waals surface area contributed by atoms with Crippen LogP contribution >= 0.6 is 0 Å². The molecule has 0 saturated heterocycles. The molecule has 0 rings (SSSR count). The van der Waals surface area contributed by atoms with Crippen molar-refractivity contribution in [1.82, 2.24) is 4.72 Å². The second-order valence-corrected chi connectivity index (χ2v) is 3.43. The Morgan fingerprint density at radius 3 is 2.50 bits per heavy atom. The van der Waals surface area contributed by atoms with Crippen molar-refractivity contribution in [2.75, 3.05) is 5.75 Å². The fraction of sp³-hybridized carbons (Fsp3) is 0.400. The summed E-state index contributed by atoms with van der Waals surface area (Å²) in [5.74, 6) is -0.978. The van der Waals surface area contributed by atoms with Crippen LogP contribution in [0.5, 0.6) is 0 Å². The highest BCUT2D eigenvalue weighted by molar-refractivity contribution is 7.89. The third-order valence-electron chi connectivity index (χ3n) is 0.768. The molecule has 5 heteroatoms. The van der Waals surface area contributed by atoms with Gasteiger partial charge in [0.25, 0.3) is 15.9 Å². The van der Waals surface area contributed by atoms with Crippen LogP contribution < -0.4 is 4.72 Å². The highest BCUT2D eigenvalue weighted by Gasteiger charge is 2.11. The number of nitrogens with zero attached hydrogens (tertiary/aromatic N) is 1. The number of sulfonamides is 1. The molecule has 57 valence electrons. The van der Waals surface area contributed by atoms with E-state index in [0.717, 1.165) is 6.08 Å². The summed E-state index contributed by atoms with van der Waals surface area (Å²) >= 11 is 0. The molecule has 0 atom stereocenters. The maximum Gasteiger partial charge on any atom is 0.279 e. The molecule has 0 N–H and O–H groups in total. The van der Waals surface area contributed by atoms with Gasteiger partial charge in [-0.3, -0.25) is 4.79 Å². The molecule has 0 bridgehead atoms. The summed E-state index contributed by atoms with van der Waals surface area (Å²) in [6.07, 6.45) is 0.854. The van der Waals surface area contributed by atoms with E-state index in [1.54, 1.807) is 0 Å². The van der Waals surface area contributed by atoms with Crippen molar-refractivity contribution < 1.29 is 13.2 Å². The lowest BCUT2D eigenvalue weighted by Gasteiger charge is -1.94. The van der Waals surface area contributed by atoms with Crippen LogP contribution in [0.4, 0.5) is 0 Å². The van der Waals surface area contributed by atoms with E-state index in [2.05, 4.69) is 11.3 Å². The molecule has 0 aliphatic heterocycles. The lowest BCUT2D eigenvalue weighted by atomic mass is 10.6. The van der Waals surface area contributed by atoms with E-state index >= 15 is 0 Å². The van der Waals surface area contributed by atoms with Crippen molar-refractivity contribution in [3.05, 3.63) is 12.7 Å². The predicted molar refractivity (Wildman–Crippen MR) is 36.8 cm³/mol. The molecular weight excluding hydrogens is 154 g/mol. The molecule has 0 aliphatic carbocycles. The van der Waals surface area contributed by atoms with Crippen LogP contribution in [0.15, 0.2) is 12.7 Å². The first kappa shape index (κ1) is 9.16. The molecule has 0 saturated carbocycles. The molecular formula is C5H8NO3S. The molecule has 0 aliphatic rings. The third kappa shape index (κ3) is 3.24. The number of amides is 1. The van der Waals surface area contributed by atoms with E-state index < -0.39 is 15.9 Å². The van der Waals surface area contributed by atoms with Gasteiger partial charge in [-0.1, -0.05) is 6.58 Å². The summed E-state index contributed by atoms with van der Waals surface area (Å²) in [7, 11) is -3.53. The van der Waals surface area contributed by atoms with Crippen molar-refractivity contribution >= 4 is 15.9 Å². The number of carbonyl (C=O) groups excluding carboxylic acids is 1. The van der Waals surface area contributed by atoms with E-state index in [1.807, 2.05) is 0 Å². The van der Waals surface area contributed by atoms with Gasteiger partial charge in [-0.25, -0.2) is 8.42 Å². The van der Waals surface area contributed by atoms with E-state index in [-0.39, 0.29) is 5.75 Å². The summed E-state index contributed by atoms with van der Waals surface area (Å²) in [6.45, 7) is 4.48. The van der Waals surface area contributed by atoms with Crippen molar-refractivity contribution in [2.45, 2.75) is 6.92 Å². The van der Waals surface area contributed by atoms with Crippen LogP contribution in [0, 0.1) is 0 Å². The number of rotatable bonds is 3. The van der Waals surface area contributed by atoms with E-state index in [9.17, 15) is 13.2 Å². The zero-order chi connectivity index (χ0) is 8.20. The summed E-state index contributed by atoms with van der Waals surface area (Å²) in [4.78, 5) is 10.3. The SMILES string of the molecule is C=CC(=O)[N]S(=O)(=O)CC. The second-order valence-electron chi connectivity index (χ2n) is 1.50. The van der Waals surface area contributed by atoms with Crippen LogP contribution in [0.1, 0.15) is 6.92 Å². The first-order chi connectivity index (χ1) is 4.52. The van der Waals surface area contributed by atoms with Crippen LogP contribution in [0.3, 0.4) is 0 Å². The molecule has 1 radical (unpaired) electrons. The topological polar surface area (TPSA) is 65.3 Å². The van der Waals surface area contributed by atoms with Gasteiger partial charge < -0.3 is 0 Å². The Labute approximate surface area is 60.0 Å². The maximum absolute atomic E-state index is 10.5. The summed E-state index contributed by atoms with van der Waals surface area (Å²) in [5.41, 5.74) is 0. The standard InChI is InChI=1S/C5H8NO3S/c1-3-5(7)6-10(8,9)4-2/h3H,1,4H2,2H3. The highest BCUT2D eigenvalue weighted by Crippen LogP contribution is 1.84. The average Bonchev–Trinajstić information content (AvgIpc) is 1.87. The summed E-state index contributed by atoms with van der Waals surface area (Å²) in [5, 5.41) is 0. The largest absolute Gasteiger partial charge is 0.279 e. The van der Waals surface area contributed by atoms with Crippen molar-refractivity contribution in [3.63, 3.8) is 0 Å². The van der Waals surface area contributed by atoms with Crippen LogP contribution in [-0.2, 0) is 14.8 Å². The van der Waals surface area contributed by atoms with E-state index in [4.69, 9.17) is 0 Å². The number of hydrogen-bond donors (Lipinski definition) is 0. The fourth-order valence-electron chi connectivity index (χ4n) is 0.239. The Bertz CT molecular complexity index is 229. The molecule has 0 unspecified atom stereocenters. The predicted octanol–water partition coefficient (Wildman–Crippen LogP) is -0.347. The lowest BCUT2D eigenvalue weighted by molar-refractivity contribution is -0.115. The van der Waals surface area contributed by atoms with Gasteiger partial charge in [-0.15, -0.1) is 4.72 Å². The normalized spacial score (nSPS) is 10.5. The molecule has 10 heavy (non-hydrogen) atoms. The minimum atomic E-state index is -3.53. The molecule has 1 amide bonds. The smallest absolute Gasteiger partial charge is 0.267 e. The van der Waals surface area contributed by atoms with Gasteiger partial charge in [0.05, 0.1) is 5.75 Å². The first-order valence-electron chi connectivity index (χ1n) is 2.64. The first-order valence-corrected chi connectivity index (χ1v) is 4.25. The number of carbonyl (C=O) groups is 1.